The number of halogens is 3. The maximum absolute atomic E-state index is 12.7. The number of hydrogen-bond donors (Lipinski definition) is 1. The Balaban J connectivity index is 1.67. The Morgan fingerprint density at radius 1 is 1.38 bits per heavy atom. The number of likely N-dealkylation sites (tertiary alicyclic amines) is 1. The molecule has 1 aliphatic heterocycles. The molecule has 0 aliphatic carbocycles. The molecule has 0 amide bonds. The summed E-state index contributed by atoms with van der Waals surface area (Å²) in [6.07, 6.45) is -2.94. The molecule has 0 spiro atoms. The molecule has 0 bridgehead atoms. The summed E-state index contributed by atoms with van der Waals surface area (Å²) in [4.78, 5) is 20.9. The monoisotopic (exact) mass is 341 g/mol. The minimum atomic E-state index is -4.37. The molecule has 8 heteroatoms. The second-order valence-corrected chi connectivity index (χ2v) is 5.99. The predicted octanol–water partition coefficient (Wildman–Crippen LogP) is 2.97. The molecule has 0 saturated carbocycles. The maximum atomic E-state index is 12.7. The number of esters is 1. The molecule has 1 saturated heterocycles. The average Bonchev–Trinajstić information content (AvgIpc) is 2.95. The summed E-state index contributed by atoms with van der Waals surface area (Å²) in [5.41, 5.74) is 0.204. The van der Waals surface area contributed by atoms with E-state index in [-0.39, 0.29) is 11.9 Å². The van der Waals surface area contributed by atoms with Crippen LogP contribution < -0.4 is 0 Å². The molecule has 2 aromatic rings. The quantitative estimate of drug-likeness (QED) is 0.872. The molecule has 1 aromatic heterocycles. The highest BCUT2D eigenvalue weighted by Crippen LogP contribution is 2.31. The van der Waals surface area contributed by atoms with Crippen molar-refractivity contribution in [1.82, 2.24) is 14.9 Å². The van der Waals surface area contributed by atoms with Gasteiger partial charge in [-0.1, -0.05) is 0 Å². The fraction of sp³-hybridized carbons (Fsp3) is 0.500. The molecule has 0 unspecified atom stereocenters. The molecule has 2 heterocycles. The fourth-order valence-electron chi connectivity index (χ4n) is 3.02. The van der Waals surface area contributed by atoms with Gasteiger partial charge in [0.25, 0.3) is 0 Å². The van der Waals surface area contributed by atoms with E-state index in [4.69, 9.17) is 4.74 Å². The third-order valence-electron chi connectivity index (χ3n) is 4.35. The highest BCUT2D eigenvalue weighted by molar-refractivity contribution is 5.76. The van der Waals surface area contributed by atoms with Gasteiger partial charge in [0.2, 0.25) is 0 Å². The molecule has 0 radical (unpaired) electrons. The number of piperidine rings is 1. The number of ether oxygens (including phenoxy) is 1. The van der Waals surface area contributed by atoms with Gasteiger partial charge in [-0.25, -0.2) is 4.98 Å². The number of nitrogens with zero attached hydrogens (tertiary/aromatic N) is 2. The molecule has 1 fully saturated rings. The van der Waals surface area contributed by atoms with Gasteiger partial charge in [-0.05, 0) is 44.1 Å². The van der Waals surface area contributed by atoms with Crippen molar-refractivity contribution >= 4 is 17.0 Å². The Kier molecular flexibility index (Phi) is 4.49. The first-order chi connectivity index (χ1) is 11.4. The van der Waals surface area contributed by atoms with Crippen molar-refractivity contribution in [1.29, 1.82) is 0 Å². The van der Waals surface area contributed by atoms with Gasteiger partial charge in [0.15, 0.2) is 0 Å². The van der Waals surface area contributed by atoms with E-state index in [1.54, 1.807) is 0 Å². The highest BCUT2D eigenvalue weighted by atomic mass is 19.4. The van der Waals surface area contributed by atoms with Crippen molar-refractivity contribution < 1.29 is 22.7 Å². The number of carbonyl (C=O) groups excluding carboxylic acids is 1. The Labute approximate surface area is 136 Å². The van der Waals surface area contributed by atoms with Crippen molar-refractivity contribution in [3.63, 3.8) is 0 Å². The normalized spacial score (nSPS) is 17.3. The Morgan fingerprint density at radius 2 is 2.08 bits per heavy atom. The molecule has 1 N–H and O–H groups in total. The number of fused-ring (bicyclic) bond motifs is 1. The number of methoxy groups -OCH3 is 1. The van der Waals surface area contributed by atoms with Gasteiger partial charge < -0.3 is 9.72 Å². The molecule has 24 heavy (non-hydrogen) atoms. The van der Waals surface area contributed by atoms with E-state index in [0.29, 0.717) is 36.2 Å². The average molecular weight is 341 g/mol. The number of nitrogens with one attached hydrogen (secondary N) is 1. The van der Waals surface area contributed by atoms with Crippen LogP contribution in [0, 0.1) is 5.92 Å². The summed E-state index contributed by atoms with van der Waals surface area (Å²) in [6, 6.07) is 3.49. The van der Waals surface area contributed by atoms with E-state index in [0.717, 1.165) is 25.2 Å². The van der Waals surface area contributed by atoms with Crippen molar-refractivity contribution in [2.24, 2.45) is 5.92 Å². The number of aromatic amines is 1. The predicted molar refractivity (Wildman–Crippen MR) is 81.1 cm³/mol. The van der Waals surface area contributed by atoms with Crippen LogP contribution >= 0.6 is 0 Å². The topological polar surface area (TPSA) is 58.2 Å². The lowest BCUT2D eigenvalue weighted by Gasteiger charge is -2.29. The van der Waals surface area contributed by atoms with Crippen LogP contribution in [0.25, 0.3) is 11.0 Å². The largest absolute Gasteiger partial charge is 0.469 e. The fourth-order valence-corrected chi connectivity index (χ4v) is 3.02. The molecule has 0 atom stereocenters. The second-order valence-electron chi connectivity index (χ2n) is 5.99. The zero-order chi connectivity index (χ0) is 17.3. The molecular formula is C16H18F3N3O2. The van der Waals surface area contributed by atoms with Gasteiger partial charge in [-0.3, -0.25) is 9.69 Å². The van der Waals surface area contributed by atoms with Crippen LogP contribution in [-0.4, -0.2) is 41.0 Å². The van der Waals surface area contributed by atoms with Crippen LogP contribution in [0.2, 0.25) is 0 Å². The zero-order valence-electron chi connectivity index (χ0n) is 13.2. The summed E-state index contributed by atoms with van der Waals surface area (Å²) >= 11 is 0. The number of benzene rings is 1. The first kappa shape index (κ1) is 16.8. The van der Waals surface area contributed by atoms with Crippen LogP contribution in [0.5, 0.6) is 0 Å². The first-order valence-electron chi connectivity index (χ1n) is 7.73. The third-order valence-corrected chi connectivity index (χ3v) is 4.35. The van der Waals surface area contributed by atoms with Gasteiger partial charge in [0, 0.05) is 0 Å². The van der Waals surface area contributed by atoms with E-state index in [9.17, 15) is 18.0 Å². The standard InChI is InChI=1S/C16H18F3N3O2/c1-24-15(23)10-4-6-22(7-5-10)9-14-20-12-3-2-11(16(17,18)19)8-13(12)21-14/h2-3,8,10H,4-7,9H2,1H3,(H,20,21). The Bertz CT molecular complexity index is 734. The zero-order valence-corrected chi connectivity index (χ0v) is 13.2. The van der Waals surface area contributed by atoms with Crippen LogP contribution in [0.15, 0.2) is 18.2 Å². The van der Waals surface area contributed by atoms with Crippen LogP contribution in [0.1, 0.15) is 24.2 Å². The Hall–Kier alpha value is -2.09. The highest BCUT2D eigenvalue weighted by Gasteiger charge is 2.31. The van der Waals surface area contributed by atoms with E-state index in [1.165, 1.54) is 13.2 Å². The lowest BCUT2D eigenvalue weighted by molar-refractivity contribution is -0.147. The van der Waals surface area contributed by atoms with Gasteiger partial charge >= 0.3 is 12.1 Å². The third kappa shape index (κ3) is 3.53. The number of hydrogen-bond acceptors (Lipinski definition) is 4. The van der Waals surface area contributed by atoms with E-state index in [2.05, 4.69) is 14.9 Å². The molecule has 5 nitrogen and oxygen atoms in total. The van der Waals surface area contributed by atoms with Crippen LogP contribution in [0.3, 0.4) is 0 Å². The number of carbonyl (C=O) groups is 1. The lowest BCUT2D eigenvalue weighted by Crippen LogP contribution is -2.36. The first-order valence-corrected chi connectivity index (χ1v) is 7.73. The molecule has 130 valence electrons. The van der Waals surface area contributed by atoms with Crippen LogP contribution in [-0.2, 0) is 22.3 Å². The van der Waals surface area contributed by atoms with E-state index in [1.807, 2.05) is 0 Å². The van der Waals surface area contributed by atoms with E-state index >= 15 is 0 Å². The summed E-state index contributed by atoms with van der Waals surface area (Å²) < 4.78 is 43.0. The van der Waals surface area contributed by atoms with Crippen molar-refractivity contribution in [2.75, 3.05) is 20.2 Å². The van der Waals surface area contributed by atoms with Gasteiger partial charge in [0.05, 0.1) is 36.2 Å². The minimum absolute atomic E-state index is 0.0729. The molecule has 3 rings (SSSR count). The number of H-pyrrole nitrogens is 1. The number of rotatable bonds is 3. The summed E-state index contributed by atoms with van der Waals surface area (Å²) in [5.74, 6) is 0.371. The van der Waals surface area contributed by atoms with Crippen molar-refractivity contribution in [3.05, 3.63) is 29.6 Å². The lowest BCUT2D eigenvalue weighted by atomic mass is 9.97. The van der Waals surface area contributed by atoms with E-state index < -0.39 is 11.7 Å². The maximum Gasteiger partial charge on any atom is 0.416 e. The minimum Gasteiger partial charge on any atom is -0.469 e. The number of imidazole rings is 1. The SMILES string of the molecule is COC(=O)C1CCN(Cc2nc3ccc(C(F)(F)F)cc3[nH]2)CC1. The van der Waals surface area contributed by atoms with Gasteiger partial charge in [0.1, 0.15) is 5.82 Å². The molecule has 1 aliphatic rings. The summed E-state index contributed by atoms with van der Waals surface area (Å²) in [5, 5.41) is 0. The number of aromatic nitrogens is 2. The smallest absolute Gasteiger partial charge is 0.416 e. The second kappa shape index (κ2) is 6.43. The van der Waals surface area contributed by atoms with Crippen molar-refractivity contribution in [3.8, 4) is 0 Å². The summed E-state index contributed by atoms with van der Waals surface area (Å²) in [6.45, 7) is 1.97. The molecule has 1 aromatic carbocycles. The van der Waals surface area contributed by atoms with Crippen LogP contribution in [0.4, 0.5) is 13.2 Å². The molecular weight excluding hydrogens is 323 g/mol. The summed E-state index contributed by atoms with van der Waals surface area (Å²) in [7, 11) is 1.39. The number of alkyl halides is 3. The van der Waals surface area contributed by atoms with Gasteiger partial charge in [-0.15, -0.1) is 0 Å². The van der Waals surface area contributed by atoms with Crippen molar-refractivity contribution in [2.45, 2.75) is 25.6 Å². The Morgan fingerprint density at radius 3 is 2.71 bits per heavy atom. The van der Waals surface area contributed by atoms with Gasteiger partial charge in [-0.2, -0.15) is 13.2 Å².